The van der Waals surface area contributed by atoms with Crippen LogP contribution in [0.4, 0.5) is 0 Å². The maximum Gasteiger partial charge on any atom is 0.328 e. The summed E-state index contributed by atoms with van der Waals surface area (Å²) in [4.78, 5) is 47.2. The zero-order chi connectivity index (χ0) is 38.3. The molecule has 4 N–H and O–H groups in total. The average Bonchev–Trinajstić information content (AvgIpc) is 3.13. The van der Waals surface area contributed by atoms with Gasteiger partial charge in [-0.25, -0.2) is 4.79 Å². The number of carboxylic acid groups (broad SMARTS) is 1. The number of esters is 1. The summed E-state index contributed by atoms with van der Waals surface area (Å²) in [7, 11) is 0. The van der Waals surface area contributed by atoms with Crippen LogP contribution < -0.4 is 10.6 Å². The molecule has 2 unspecified atom stereocenters. The third kappa shape index (κ3) is 34.2. The number of aliphatic hydroxyl groups excluding tert-OH is 1. The molecule has 0 aliphatic carbocycles. The molecule has 0 saturated heterocycles. The third-order valence-electron chi connectivity index (χ3n) is 9.11. The summed E-state index contributed by atoms with van der Waals surface area (Å²) in [6.07, 6.45) is 42.5. The second-order valence-electron chi connectivity index (χ2n) is 14.1. The lowest BCUT2D eigenvalue weighted by atomic mass is 10.0. The number of aliphatic hydroxyl groups is 1. The van der Waals surface area contributed by atoms with Gasteiger partial charge in [0, 0.05) is 12.8 Å². The van der Waals surface area contributed by atoms with Crippen molar-refractivity contribution < 1.29 is 34.1 Å². The fourth-order valence-corrected chi connectivity index (χ4v) is 5.91. The molecule has 0 radical (unpaired) electrons. The number of unbranched alkanes of at least 4 members (excludes halogenated alkanes) is 21. The summed E-state index contributed by atoms with van der Waals surface area (Å²) in [6.45, 7) is 3.31. The molecule has 2 atom stereocenters. The Labute approximate surface area is 316 Å². The van der Waals surface area contributed by atoms with Crippen LogP contribution in [0.5, 0.6) is 0 Å². The number of nitrogens with one attached hydrogen (secondary N) is 2. The first kappa shape index (κ1) is 49.1. The van der Waals surface area contributed by atoms with E-state index in [2.05, 4.69) is 36.6 Å². The minimum Gasteiger partial charge on any atom is -0.480 e. The van der Waals surface area contributed by atoms with Gasteiger partial charge in [0.05, 0.1) is 13.2 Å². The number of hydrogen-bond acceptors (Lipinski definition) is 6. The molecule has 300 valence electrons. The van der Waals surface area contributed by atoms with E-state index in [4.69, 9.17) is 14.9 Å². The van der Waals surface area contributed by atoms with Crippen molar-refractivity contribution in [2.24, 2.45) is 0 Å². The summed E-state index contributed by atoms with van der Waals surface area (Å²) < 4.78 is 5.77. The Bertz CT molecular complexity index is 979. The Balaban J connectivity index is 4.07. The van der Waals surface area contributed by atoms with Gasteiger partial charge in [0.2, 0.25) is 11.8 Å². The standard InChI is InChI=1S/C43H76N2O7/c1-3-5-7-9-10-11-12-13-14-15-16-17-18-19-20-21-22-27-31-35-42(49)52-38(32-28-24-8-6-4-2)33-29-25-23-26-30-34-40(47)44-36-41(48)45-39(37-46)43(50)51/h6,8,28-29,32-33,38-39,46H,3-5,7,9-27,30-31,34-37H2,1-2H3,(H,44,47)(H,45,48)(H,50,51)/b8-6-,32-28-,33-29-. The van der Waals surface area contributed by atoms with Crippen molar-refractivity contribution in [2.75, 3.05) is 13.2 Å². The van der Waals surface area contributed by atoms with Crippen LogP contribution in [0, 0.1) is 0 Å². The van der Waals surface area contributed by atoms with E-state index < -0.39 is 30.6 Å². The van der Waals surface area contributed by atoms with Gasteiger partial charge in [-0.05, 0) is 50.7 Å². The van der Waals surface area contributed by atoms with Crippen LogP contribution in [0.2, 0.25) is 0 Å². The van der Waals surface area contributed by atoms with Crippen molar-refractivity contribution >= 4 is 23.8 Å². The highest BCUT2D eigenvalue weighted by atomic mass is 16.5. The van der Waals surface area contributed by atoms with E-state index in [1.54, 1.807) is 0 Å². The molecular weight excluding hydrogens is 656 g/mol. The molecule has 0 saturated carbocycles. The van der Waals surface area contributed by atoms with Gasteiger partial charge in [-0.3, -0.25) is 14.4 Å². The van der Waals surface area contributed by atoms with Crippen molar-refractivity contribution in [3.05, 3.63) is 36.5 Å². The van der Waals surface area contributed by atoms with E-state index in [0.29, 0.717) is 12.8 Å². The molecule has 0 rings (SSSR count). The average molecular weight is 733 g/mol. The summed E-state index contributed by atoms with van der Waals surface area (Å²) in [6, 6.07) is -1.39. The van der Waals surface area contributed by atoms with E-state index in [0.717, 1.165) is 44.9 Å². The van der Waals surface area contributed by atoms with E-state index in [1.807, 2.05) is 24.3 Å². The molecule has 52 heavy (non-hydrogen) atoms. The molecule has 0 heterocycles. The minimum absolute atomic E-state index is 0.162. The molecule has 0 aromatic carbocycles. The van der Waals surface area contributed by atoms with Crippen LogP contribution in [-0.2, 0) is 23.9 Å². The van der Waals surface area contributed by atoms with E-state index in [-0.39, 0.29) is 24.8 Å². The van der Waals surface area contributed by atoms with Crippen LogP contribution in [0.25, 0.3) is 0 Å². The first-order chi connectivity index (χ1) is 25.3. The van der Waals surface area contributed by atoms with Crippen molar-refractivity contribution in [3.8, 4) is 0 Å². The van der Waals surface area contributed by atoms with Gasteiger partial charge >= 0.3 is 11.9 Å². The lowest BCUT2D eigenvalue weighted by Crippen LogP contribution is -2.47. The smallest absolute Gasteiger partial charge is 0.328 e. The molecule has 0 aromatic heterocycles. The maximum atomic E-state index is 12.6. The monoisotopic (exact) mass is 733 g/mol. The zero-order valence-electron chi connectivity index (χ0n) is 33.1. The number of aliphatic carboxylic acids is 1. The highest BCUT2D eigenvalue weighted by molar-refractivity contribution is 5.87. The molecule has 9 nitrogen and oxygen atoms in total. The SMILES string of the molecule is CC/C=C\C/C=C\C(/C=C\CCCCCC(=O)NCC(=O)NC(CO)C(=O)O)OC(=O)CCCCCCCCCCCCCCCCCCCCC. The van der Waals surface area contributed by atoms with Gasteiger partial charge in [0.25, 0.3) is 0 Å². The maximum absolute atomic E-state index is 12.6. The number of carbonyl (C=O) groups excluding carboxylic acids is 3. The molecular formula is C43H76N2O7. The molecule has 0 aliphatic heterocycles. The number of carboxylic acids is 1. The summed E-state index contributed by atoms with van der Waals surface area (Å²) >= 11 is 0. The summed E-state index contributed by atoms with van der Waals surface area (Å²) in [5, 5.41) is 22.4. The molecule has 9 heteroatoms. The first-order valence-electron chi connectivity index (χ1n) is 20.9. The minimum atomic E-state index is -1.39. The molecule has 0 aliphatic rings. The molecule has 0 aromatic rings. The highest BCUT2D eigenvalue weighted by Gasteiger charge is 2.18. The Kier molecular flexibility index (Phi) is 35.7. The van der Waals surface area contributed by atoms with Crippen LogP contribution >= 0.6 is 0 Å². The second-order valence-corrected chi connectivity index (χ2v) is 14.1. The summed E-state index contributed by atoms with van der Waals surface area (Å²) in [5.41, 5.74) is 0. The Morgan fingerprint density at radius 3 is 1.62 bits per heavy atom. The van der Waals surface area contributed by atoms with Crippen molar-refractivity contribution in [3.63, 3.8) is 0 Å². The normalized spacial score (nSPS) is 12.8. The number of carbonyl (C=O) groups is 4. The van der Waals surface area contributed by atoms with E-state index >= 15 is 0 Å². The van der Waals surface area contributed by atoms with Crippen LogP contribution in [0.3, 0.4) is 0 Å². The number of allylic oxidation sites excluding steroid dienone is 4. The van der Waals surface area contributed by atoms with Crippen molar-refractivity contribution in [2.45, 2.75) is 199 Å². The number of hydrogen-bond donors (Lipinski definition) is 4. The van der Waals surface area contributed by atoms with Gasteiger partial charge in [-0.2, -0.15) is 0 Å². The number of rotatable bonds is 37. The van der Waals surface area contributed by atoms with E-state index in [1.165, 1.54) is 109 Å². The van der Waals surface area contributed by atoms with Gasteiger partial charge in [0.15, 0.2) is 0 Å². The number of ether oxygens (including phenoxy) is 1. The lowest BCUT2D eigenvalue weighted by Gasteiger charge is -2.12. The second kappa shape index (κ2) is 37.8. The van der Waals surface area contributed by atoms with Gasteiger partial charge in [-0.1, -0.05) is 160 Å². The Morgan fingerprint density at radius 2 is 1.10 bits per heavy atom. The quantitative estimate of drug-likeness (QED) is 0.0283. The topological polar surface area (TPSA) is 142 Å². The van der Waals surface area contributed by atoms with E-state index in [9.17, 15) is 19.2 Å². The fourth-order valence-electron chi connectivity index (χ4n) is 5.91. The number of amides is 2. The predicted octanol–water partition coefficient (Wildman–Crippen LogP) is 9.82. The van der Waals surface area contributed by atoms with Gasteiger partial charge in [-0.15, -0.1) is 0 Å². The highest BCUT2D eigenvalue weighted by Crippen LogP contribution is 2.15. The molecule has 0 spiro atoms. The fraction of sp³-hybridized carbons (Fsp3) is 0.767. The van der Waals surface area contributed by atoms with Crippen LogP contribution in [-0.4, -0.2) is 59.3 Å². The largest absolute Gasteiger partial charge is 0.480 e. The molecule has 2 amide bonds. The predicted molar refractivity (Wildman–Crippen MR) is 213 cm³/mol. The first-order valence-corrected chi connectivity index (χ1v) is 20.9. The van der Waals surface area contributed by atoms with Gasteiger partial charge < -0.3 is 25.6 Å². The molecule has 0 fully saturated rings. The Morgan fingerprint density at radius 1 is 0.596 bits per heavy atom. The van der Waals surface area contributed by atoms with Crippen LogP contribution in [0.1, 0.15) is 187 Å². The third-order valence-corrected chi connectivity index (χ3v) is 9.11. The van der Waals surface area contributed by atoms with Gasteiger partial charge in [0.1, 0.15) is 12.1 Å². The van der Waals surface area contributed by atoms with Crippen molar-refractivity contribution in [1.82, 2.24) is 10.6 Å². The van der Waals surface area contributed by atoms with Crippen LogP contribution in [0.15, 0.2) is 36.5 Å². The zero-order valence-corrected chi connectivity index (χ0v) is 33.1. The lowest BCUT2D eigenvalue weighted by molar-refractivity contribution is -0.145. The molecule has 0 bridgehead atoms. The Hall–Kier alpha value is -2.94. The van der Waals surface area contributed by atoms with Crippen molar-refractivity contribution in [1.29, 1.82) is 0 Å². The summed E-state index contributed by atoms with van der Waals surface area (Å²) in [5.74, 6) is -2.46.